The Kier molecular flexibility index (Phi) is 10.9. The van der Waals surface area contributed by atoms with Crippen molar-refractivity contribution in [3.8, 4) is 67.3 Å². The molecule has 0 spiro atoms. The van der Waals surface area contributed by atoms with Crippen LogP contribution in [0.4, 0.5) is 0 Å². The van der Waals surface area contributed by atoms with Crippen molar-refractivity contribution < 1.29 is 0 Å². The number of aromatic nitrogens is 4. The number of para-hydroxylation sites is 2. The first-order valence-electron chi connectivity index (χ1n) is 26.5. The van der Waals surface area contributed by atoms with E-state index in [4.69, 9.17) is 9.97 Å². The van der Waals surface area contributed by atoms with Crippen LogP contribution in [0, 0.1) is 27.7 Å². The first kappa shape index (κ1) is 45.3. The van der Waals surface area contributed by atoms with E-state index in [-0.39, 0.29) is 0 Å². The van der Waals surface area contributed by atoms with Crippen LogP contribution in [0.5, 0.6) is 0 Å². The molecular weight excluding hydrogens is 921 g/mol. The van der Waals surface area contributed by atoms with Gasteiger partial charge in [-0.3, -0.25) is 0 Å². The van der Waals surface area contributed by atoms with Gasteiger partial charge in [-0.05, 0) is 186 Å². The highest BCUT2D eigenvalue weighted by atomic mass is 15.0. The summed E-state index contributed by atoms with van der Waals surface area (Å²) in [6.45, 7) is 8.98. The second-order valence-electron chi connectivity index (χ2n) is 20.7. The van der Waals surface area contributed by atoms with Crippen molar-refractivity contribution in [1.29, 1.82) is 0 Å². The van der Waals surface area contributed by atoms with E-state index in [1.54, 1.807) is 0 Å². The highest BCUT2D eigenvalue weighted by Gasteiger charge is 2.26. The summed E-state index contributed by atoms with van der Waals surface area (Å²) in [6.07, 6.45) is 4.37. The maximum absolute atomic E-state index is 5.52. The zero-order valence-electron chi connectivity index (χ0n) is 43.1. The van der Waals surface area contributed by atoms with Crippen LogP contribution in [-0.2, 0) is 6.42 Å². The minimum absolute atomic E-state index is 0.877. The van der Waals surface area contributed by atoms with E-state index in [0.29, 0.717) is 0 Å². The Labute approximate surface area is 443 Å². The summed E-state index contributed by atoms with van der Waals surface area (Å²) in [5.41, 5.74) is 28.9. The summed E-state index contributed by atoms with van der Waals surface area (Å²) in [4.78, 5) is 11.0. The molecule has 0 atom stereocenters. The molecule has 0 amide bonds. The fraction of sp³-hybridized carbons (Fsp3) is 0.0833. The van der Waals surface area contributed by atoms with Crippen LogP contribution in [0.2, 0.25) is 0 Å². The molecule has 13 aromatic rings. The van der Waals surface area contributed by atoms with E-state index in [1.807, 2.05) is 0 Å². The summed E-state index contributed by atoms with van der Waals surface area (Å²) in [5.74, 6) is 0. The molecule has 14 rings (SSSR count). The van der Waals surface area contributed by atoms with Crippen LogP contribution in [0.1, 0.15) is 45.5 Å². The molecule has 0 saturated heterocycles. The van der Waals surface area contributed by atoms with Crippen molar-refractivity contribution in [2.75, 3.05) is 0 Å². The SMILES string of the molecule is Cc1cc(-n2c3c(c4cc(-c5ccccc5)ccc42)C=C(c2ccccc2)CC3)c(C)cc1-c1nc2ccccc2nc1-c1cc(C)c(-n2c3ccc(-c4ccccc4)cc3c3cc(-c4ccccc4)ccc32)cc1C. The molecule has 76 heavy (non-hydrogen) atoms. The number of benzene rings is 10. The Morgan fingerprint density at radius 2 is 0.724 bits per heavy atom. The zero-order valence-corrected chi connectivity index (χ0v) is 43.1. The van der Waals surface area contributed by atoms with Gasteiger partial charge in [0.2, 0.25) is 0 Å². The van der Waals surface area contributed by atoms with E-state index < -0.39 is 0 Å². The van der Waals surface area contributed by atoms with Crippen molar-refractivity contribution in [3.05, 3.63) is 264 Å². The van der Waals surface area contributed by atoms with Crippen LogP contribution in [0.3, 0.4) is 0 Å². The topological polar surface area (TPSA) is 35.6 Å². The number of rotatable bonds is 8. The summed E-state index contributed by atoms with van der Waals surface area (Å²) < 4.78 is 5.01. The lowest BCUT2D eigenvalue weighted by molar-refractivity contribution is 0.893. The lowest BCUT2D eigenvalue weighted by atomic mass is 9.90. The predicted octanol–water partition coefficient (Wildman–Crippen LogP) is 18.7. The molecule has 0 N–H and O–H groups in total. The second kappa shape index (κ2) is 18.2. The van der Waals surface area contributed by atoms with Gasteiger partial charge in [0.05, 0.1) is 39.0 Å². The third kappa shape index (κ3) is 7.59. The van der Waals surface area contributed by atoms with Crippen molar-refractivity contribution in [2.45, 2.75) is 40.5 Å². The highest BCUT2D eigenvalue weighted by molar-refractivity contribution is 6.12. The first-order chi connectivity index (χ1) is 37.3. The number of hydrogen-bond acceptors (Lipinski definition) is 2. The molecular formula is C72H54N4. The number of fused-ring (bicyclic) bond motifs is 7. The Bertz CT molecular complexity index is 4370. The molecule has 0 bridgehead atoms. The van der Waals surface area contributed by atoms with Crippen LogP contribution < -0.4 is 0 Å². The van der Waals surface area contributed by atoms with Gasteiger partial charge >= 0.3 is 0 Å². The van der Waals surface area contributed by atoms with Crippen LogP contribution in [0.15, 0.2) is 224 Å². The molecule has 1 aliphatic rings. The molecule has 0 fully saturated rings. The van der Waals surface area contributed by atoms with E-state index >= 15 is 0 Å². The second-order valence-corrected chi connectivity index (χ2v) is 20.7. The number of hydrogen-bond donors (Lipinski definition) is 0. The van der Waals surface area contributed by atoms with Gasteiger partial charge in [0.15, 0.2) is 0 Å². The first-order valence-corrected chi connectivity index (χ1v) is 26.5. The fourth-order valence-electron chi connectivity index (χ4n) is 12.1. The number of aryl methyl sites for hydroxylation is 4. The maximum Gasteiger partial charge on any atom is 0.0975 e. The van der Waals surface area contributed by atoms with Crippen LogP contribution in [0.25, 0.3) is 123 Å². The Morgan fingerprint density at radius 1 is 0.329 bits per heavy atom. The van der Waals surface area contributed by atoms with Gasteiger partial charge < -0.3 is 9.13 Å². The molecule has 362 valence electrons. The average Bonchev–Trinajstić information content (AvgIpc) is 4.08. The maximum atomic E-state index is 5.52. The van der Waals surface area contributed by atoms with Crippen LogP contribution >= 0.6 is 0 Å². The Morgan fingerprint density at radius 3 is 1.18 bits per heavy atom. The van der Waals surface area contributed by atoms with E-state index in [1.165, 1.54) is 99.7 Å². The molecule has 0 saturated carbocycles. The molecule has 0 aliphatic heterocycles. The summed E-state index contributed by atoms with van der Waals surface area (Å²) in [6, 6.07) is 81.7. The monoisotopic (exact) mass is 974 g/mol. The predicted molar refractivity (Wildman–Crippen MR) is 319 cm³/mol. The molecule has 0 unspecified atom stereocenters. The van der Waals surface area contributed by atoms with Gasteiger partial charge in [-0.15, -0.1) is 0 Å². The zero-order chi connectivity index (χ0) is 51.0. The molecule has 4 heteroatoms. The van der Waals surface area contributed by atoms with Gasteiger partial charge in [-0.2, -0.15) is 0 Å². The molecule has 1 aliphatic carbocycles. The van der Waals surface area contributed by atoms with Gasteiger partial charge in [0, 0.05) is 49.9 Å². The lowest BCUT2D eigenvalue weighted by Gasteiger charge is -2.21. The Balaban J connectivity index is 0.917. The smallest absolute Gasteiger partial charge is 0.0975 e. The minimum atomic E-state index is 0.877. The van der Waals surface area contributed by atoms with Crippen molar-refractivity contribution in [2.24, 2.45) is 0 Å². The Hall–Kier alpha value is -9.38. The van der Waals surface area contributed by atoms with Crippen molar-refractivity contribution in [3.63, 3.8) is 0 Å². The van der Waals surface area contributed by atoms with Gasteiger partial charge in [0.25, 0.3) is 0 Å². The van der Waals surface area contributed by atoms with E-state index in [9.17, 15) is 0 Å². The average molecular weight is 975 g/mol. The standard InChI is InChI=1S/C72H54N4/c1-45-39-69(75-65-33-29-53(49-19-9-5-10-20-49)41-59(65)60-42-54(30-34-66(60)75)50-21-11-6-12-22-50)47(3)37-57(45)71-72(74-64-28-18-17-27-63(64)73-71)58-38-48(4)70(40-46(58)2)76-67-35-31-55(51-23-13-7-14-24-51)43-61(67)62-44-56(32-36-68(62)76)52-25-15-8-16-26-52/h5-31,33-35,37-44H,32,36H2,1-4H3. The van der Waals surface area contributed by atoms with Crippen molar-refractivity contribution in [1.82, 2.24) is 19.1 Å². The van der Waals surface area contributed by atoms with Gasteiger partial charge in [0.1, 0.15) is 0 Å². The third-order valence-electron chi connectivity index (χ3n) is 15.9. The molecule has 3 heterocycles. The number of nitrogens with zero attached hydrogens (tertiary/aromatic N) is 4. The lowest BCUT2D eigenvalue weighted by Crippen LogP contribution is -2.07. The summed E-state index contributed by atoms with van der Waals surface area (Å²) in [5, 5.41) is 3.73. The number of allylic oxidation sites excluding steroid dienone is 1. The van der Waals surface area contributed by atoms with E-state index in [0.717, 1.165) is 68.8 Å². The molecule has 3 aromatic heterocycles. The normalized spacial score (nSPS) is 12.4. The molecule has 4 nitrogen and oxygen atoms in total. The van der Waals surface area contributed by atoms with Gasteiger partial charge in [-0.25, -0.2) is 9.97 Å². The van der Waals surface area contributed by atoms with Crippen molar-refractivity contribution >= 4 is 55.4 Å². The molecule has 10 aromatic carbocycles. The largest absolute Gasteiger partial charge is 0.313 e. The third-order valence-corrected chi connectivity index (χ3v) is 15.9. The molecule has 0 radical (unpaired) electrons. The minimum Gasteiger partial charge on any atom is -0.313 e. The quantitative estimate of drug-likeness (QED) is 0.152. The fourth-order valence-corrected chi connectivity index (χ4v) is 12.1. The van der Waals surface area contributed by atoms with Crippen LogP contribution in [-0.4, -0.2) is 19.1 Å². The van der Waals surface area contributed by atoms with Gasteiger partial charge in [-0.1, -0.05) is 152 Å². The van der Waals surface area contributed by atoms with E-state index in [2.05, 4.69) is 267 Å². The summed E-state index contributed by atoms with van der Waals surface area (Å²) in [7, 11) is 0. The summed E-state index contributed by atoms with van der Waals surface area (Å²) >= 11 is 0. The highest BCUT2D eigenvalue weighted by Crippen LogP contribution is 2.44.